The second-order valence-corrected chi connectivity index (χ2v) is 7.18. The van der Waals surface area contributed by atoms with Crippen LogP contribution in [0.25, 0.3) is 0 Å². The van der Waals surface area contributed by atoms with Crippen LogP contribution in [0, 0.1) is 13.8 Å². The number of hydrogen-bond acceptors (Lipinski definition) is 4. The van der Waals surface area contributed by atoms with Gasteiger partial charge in [0.15, 0.2) is 5.78 Å². The van der Waals surface area contributed by atoms with E-state index in [4.69, 9.17) is 11.6 Å². The number of carbonyl (C=O) groups excluding carboxylic acids is 2. The molecule has 25 heavy (non-hydrogen) atoms. The van der Waals surface area contributed by atoms with E-state index >= 15 is 0 Å². The molecule has 0 aliphatic carbocycles. The van der Waals surface area contributed by atoms with Crippen LogP contribution in [0.3, 0.4) is 0 Å². The lowest BCUT2D eigenvalue weighted by atomic mass is 10.0. The Hall–Kier alpha value is -2.50. The van der Waals surface area contributed by atoms with Crippen molar-refractivity contribution in [2.45, 2.75) is 13.8 Å². The van der Waals surface area contributed by atoms with Crippen molar-refractivity contribution >= 4 is 39.6 Å². The van der Waals surface area contributed by atoms with Crippen LogP contribution in [0.1, 0.15) is 36.7 Å². The summed E-state index contributed by atoms with van der Waals surface area (Å²) in [4.78, 5) is 30.3. The molecule has 0 aliphatic heterocycles. The molecule has 6 heteroatoms. The first-order valence-corrected chi connectivity index (χ1v) is 8.78. The van der Waals surface area contributed by atoms with Crippen LogP contribution >= 0.6 is 22.9 Å². The Morgan fingerprint density at radius 3 is 2.44 bits per heavy atom. The van der Waals surface area contributed by atoms with Gasteiger partial charge in [0.1, 0.15) is 5.00 Å². The van der Waals surface area contributed by atoms with Gasteiger partial charge in [0, 0.05) is 27.9 Å². The number of thiophene rings is 1. The largest absolute Gasteiger partial charge is 0.313 e. The summed E-state index contributed by atoms with van der Waals surface area (Å²) in [6.45, 7) is 3.81. The average molecular weight is 371 g/mol. The minimum absolute atomic E-state index is 0.139. The molecule has 1 aromatic carbocycles. The maximum absolute atomic E-state index is 12.9. The van der Waals surface area contributed by atoms with Crippen LogP contribution < -0.4 is 5.32 Å². The number of aryl methyl sites for hydroxylation is 1. The molecule has 0 saturated carbocycles. The Kier molecular flexibility index (Phi) is 4.97. The first-order valence-electron chi connectivity index (χ1n) is 7.59. The van der Waals surface area contributed by atoms with Gasteiger partial charge >= 0.3 is 0 Å². The van der Waals surface area contributed by atoms with Gasteiger partial charge < -0.3 is 5.32 Å². The highest BCUT2D eigenvalue weighted by molar-refractivity contribution is 7.17. The van der Waals surface area contributed by atoms with Crippen LogP contribution in [0.5, 0.6) is 0 Å². The highest BCUT2D eigenvalue weighted by atomic mass is 35.5. The van der Waals surface area contributed by atoms with Gasteiger partial charge in [-0.2, -0.15) is 0 Å². The second kappa shape index (κ2) is 7.17. The molecule has 0 aliphatic rings. The average Bonchev–Trinajstić information content (AvgIpc) is 2.89. The van der Waals surface area contributed by atoms with Gasteiger partial charge in [-0.1, -0.05) is 11.6 Å². The lowest BCUT2D eigenvalue weighted by Crippen LogP contribution is -2.14. The van der Waals surface area contributed by atoms with E-state index in [1.807, 2.05) is 13.8 Å². The number of ketones is 1. The molecule has 126 valence electrons. The van der Waals surface area contributed by atoms with Crippen molar-refractivity contribution in [3.63, 3.8) is 0 Å². The Morgan fingerprint density at radius 2 is 1.80 bits per heavy atom. The topological polar surface area (TPSA) is 59.1 Å². The number of amides is 1. The highest BCUT2D eigenvalue weighted by Crippen LogP contribution is 2.34. The summed E-state index contributed by atoms with van der Waals surface area (Å²) < 4.78 is 0. The zero-order chi connectivity index (χ0) is 18.0. The summed E-state index contributed by atoms with van der Waals surface area (Å²) in [5, 5.41) is 3.96. The SMILES string of the molecule is Cc1sc(NC(=O)c2cccnc2)c(C(=O)c2ccc(Cl)cc2)c1C. The van der Waals surface area contributed by atoms with E-state index in [2.05, 4.69) is 10.3 Å². The molecule has 0 unspecified atom stereocenters. The van der Waals surface area contributed by atoms with Crippen molar-refractivity contribution in [3.05, 3.63) is 80.9 Å². The molecule has 3 aromatic rings. The summed E-state index contributed by atoms with van der Waals surface area (Å²) in [7, 11) is 0. The number of hydrogen-bond donors (Lipinski definition) is 1. The van der Waals surface area contributed by atoms with Crippen LogP contribution in [0.15, 0.2) is 48.8 Å². The van der Waals surface area contributed by atoms with Crippen molar-refractivity contribution in [1.29, 1.82) is 0 Å². The van der Waals surface area contributed by atoms with Crippen molar-refractivity contribution in [2.24, 2.45) is 0 Å². The zero-order valence-electron chi connectivity index (χ0n) is 13.7. The molecule has 0 radical (unpaired) electrons. The van der Waals surface area contributed by atoms with Crippen LogP contribution in [0.4, 0.5) is 5.00 Å². The minimum Gasteiger partial charge on any atom is -0.313 e. The van der Waals surface area contributed by atoms with Gasteiger partial charge in [0.25, 0.3) is 5.91 Å². The fourth-order valence-electron chi connectivity index (χ4n) is 2.41. The van der Waals surface area contributed by atoms with E-state index in [9.17, 15) is 9.59 Å². The van der Waals surface area contributed by atoms with Crippen LogP contribution in [-0.2, 0) is 0 Å². The summed E-state index contributed by atoms with van der Waals surface area (Å²) in [6, 6.07) is 10.1. The number of pyridine rings is 1. The van der Waals surface area contributed by atoms with Crippen molar-refractivity contribution in [1.82, 2.24) is 4.98 Å². The van der Waals surface area contributed by atoms with E-state index in [0.29, 0.717) is 26.7 Å². The van der Waals surface area contributed by atoms with E-state index in [0.717, 1.165) is 10.4 Å². The van der Waals surface area contributed by atoms with Gasteiger partial charge in [-0.3, -0.25) is 14.6 Å². The quantitative estimate of drug-likeness (QED) is 0.664. The molecule has 2 aromatic heterocycles. The summed E-state index contributed by atoms with van der Waals surface area (Å²) in [6.07, 6.45) is 3.09. The standard InChI is InChI=1S/C19H15ClN2O2S/c1-11-12(2)25-19(22-18(24)14-4-3-9-21-10-14)16(11)17(23)13-5-7-15(20)8-6-13/h3-10H,1-2H3,(H,22,24). The monoisotopic (exact) mass is 370 g/mol. The molecule has 2 heterocycles. The second-order valence-electron chi connectivity index (χ2n) is 5.52. The first-order chi connectivity index (χ1) is 12.0. The highest BCUT2D eigenvalue weighted by Gasteiger charge is 2.22. The predicted molar refractivity (Wildman–Crippen MR) is 101 cm³/mol. The fraction of sp³-hybridized carbons (Fsp3) is 0.105. The molecule has 0 atom stereocenters. The summed E-state index contributed by atoms with van der Waals surface area (Å²) in [5.41, 5.74) is 2.35. The Labute approximate surface area is 154 Å². The fourth-order valence-corrected chi connectivity index (χ4v) is 3.59. The van der Waals surface area contributed by atoms with E-state index in [1.165, 1.54) is 17.5 Å². The normalized spacial score (nSPS) is 10.5. The zero-order valence-corrected chi connectivity index (χ0v) is 15.2. The Balaban J connectivity index is 1.96. The number of rotatable bonds is 4. The number of carbonyl (C=O) groups is 2. The molecule has 0 bridgehead atoms. The Morgan fingerprint density at radius 1 is 1.08 bits per heavy atom. The molecule has 0 fully saturated rings. The van der Waals surface area contributed by atoms with Gasteiger partial charge in [0.2, 0.25) is 0 Å². The summed E-state index contributed by atoms with van der Waals surface area (Å²) >= 11 is 7.28. The van der Waals surface area contributed by atoms with E-state index in [1.54, 1.807) is 42.6 Å². The Bertz CT molecular complexity index is 934. The predicted octanol–water partition coefficient (Wildman–Crippen LogP) is 4.90. The molecule has 0 spiro atoms. The molecule has 1 N–H and O–H groups in total. The number of nitrogens with one attached hydrogen (secondary N) is 1. The number of halogens is 1. The lowest BCUT2D eigenvalue weighted by Gasteiger charge is -2.07. The number of benzene rings is 1. The minimum atomic E-state index is -0.292. The van der Waals surface area contributed by atoms with E-state index < -0.39 is 0 Å². The van der Waals surface area contributed by atoms with E-state index in [-0.39, 0.29) is 11.7 Å². The van der Waals surface area contributed by atoms with Crippen LogP contribution in [-0.4, -0.2) is 16.7 Å². The lowest BCUT2D eigenvalue weighted by molar-refractivity contribution is 0.102. The number of aromatic nitrogens is 1. The number of nitrogens with zero attached hydrogens (tertiary/aromatic N) is 1. The molecule has 4 nitrogen and oxygen atoms in total. The third-order valence-electron chi connectivity index (χ3n) is 3.87. The van der Waals surface area contributed by atoms with Gasteiger partial charge in [0.05, 0.1) is 11.1 Å². The number of anilines is 1. The smallest absolute Gasteiger partial charge is 0.257 e. The molecule has 0 saturated heterocycles. The van der Waals surface area contributed by atoms with Gasteiger partial charge in [-0.05, 0) is 55.8 Å². The molecule has 3 rings (SSSR count). The van der Waals surface area contributed by atoms with Gasteiger partial charge in [-0.25, -0.2) is 0 Å². The van der Waals surface area contributed by atoms with Crippen LogP contribution in [0.2, 0.25) is 5.02 Å². The first kappa shape index (κ1) is 17.3. The maximum Gasteiger partial charge on any atom is 0.257 e. The maximum atomic E-state index is 12.9. The summed E-state index contributed by atoms with van der Waals surface area (Å²) in [5.74, 6) is -0.431. The molecule has 1 amide bonds. The van der Waals surface area contributed by atoms with Crippen molar-refractivity contribution < 1.29 is 9.59 Å². The molecular formula is C19H15ClN2O2S. The van der Waals surface area contributed by atoms with Crippen molar-refractivity contribution in [2.75, 3.05) is 5.32 Å². The van der Waals surface area contributed by atoms with Crippen molar-refractivity contribution in [3.8, 4) is 0 Å². The third-order valence-corrected chi connectivity index (χ3v) is 5.24. The van der Waals surface area contributed by atoms with Gasteiger partial charge in [-0.15, -0.1) is 11.3 Å². The third kappa shape index (κ3) is 3.62. The molecular weight excluding hydrogens is 356 g/mol.